The zero-order chi connectivity index (χ0) is 13.5. The fraction of sp³-hybridized carbons (Fsp3) is 0.533. The van der Waals surface area contributed by atoms with Crippen LogP contribution in [0, 0.1) is 13.8 Å². The van der Waals surface area contributed by atoms with Gasteiger partial charge in [-0.1, -0.05) is 6.07 Å². The number of amides is 1. The van der Waals surface area contributed by atoms with Gasteiger partial charge in [0, 0.05) is 31.7 Å². The quantitative estimate of drug-likeness (QED) is 0.839. The Labute approximate surface area is 110 Å². The van der Waals surface area contributed by atoms with Crippen LogP contribution in [-0.2, 0) is 4.79 Å². The zero-order valence-corrected chi connectivity index (χ0v) is 11.9. The molecule has 0 radical (unpaired) electrons. The van der Waals surface area contributed by atoms with Crippen LogP contribution in [0.1, 0.15) is 31.4 Å². The van der Waals surface area contributed by atoms with Crippen molar-refractivity contribution in [3.8, 4) is 0 Å². The van der Waals surface area contributed by atoms with Crippen LogP contribution in [0.25, 0.3) is 0 Å². The van der Waals surface area contributed by atoms with Crippen molar-refractivity contribution in [3.63, 3.8) is 0 Å². The van der Waals surface area contributed by atoms with E-state index in [1.54, 1.807) is 0 Å². The summed E-state index contributed by atoms with van der Waals surface area (Å²) in [5.41, 5.74) is 3.58. The van der Waals surface area contributed by atoms with E-state index in [2.05, 4.69) is 37.4 Å². The fourth-order valence-corrected chi connectivity index (χ4v) is 2.12. The zero-order valence-electron chi connectivity index (χ0n) is 11.9. The summed E-state index contributed by atoms with van der Waals surface area (Å²) in [7, 11) is 0. The average Bonchev–Trinajstić information content (AvgIpc) is 2.29. The first-order valence-corrected chi connectivity index (χ1v) is 6.66. The van der Waals surface area contributed by atoms with Crippen LogP contribution in [-0.4, -0.2) is 30.4 Å². The molecule has 0 unspecified atom stereocenters. The molecule has 0 atom stereocenters. The van der Waals surface area contributed by atoms with Gasteiger partial charge in [-0.3, -0.25) is 4.79 Å². The first-order valence-electron chi connectivity index (χ1n) is 6.66. The van der Waals surface area contributed by atoms with Crippen LogP contribution >= 0.6 is 0 Å². The molecule has 1 N–H and O–H groups in total. The van der Waals surface area contributed by atoms with E-state index in [1.807, 2.05) is 18.7 Å². The van der Waals surface area contributed by atoms with Crippen molar-refractivity contribution in [1.82, 2.24) is 4.90 Å². The van der Waals surface area contributed by atoms with Crippen LogP contribution in [0.15, 0.2) is 18.2 Å². The van der Waals surface area contributed by atoms with Gasteiger partial charge >= 0.3 is 0 Å². The third-order valence-corrected chi connectivity index (χ3v) is 3.01. The number of anilines is 1. The second-order valence-electron chi connectivity index (χ2n) is 4.62. The Balaban J connectivity index is 2.44. The third-order valence-electron chi connectivity index (χ3n) is 3.01. The average molecular weight is 248 g/mol. The maximum absolute atomic E-state index is 11.8. The molecule has 0 aromatic heterocycles. The molecule has 0 aliphatic heterocycles. The molecule has 1 amide bonds. The summed E-state index contributed by atoms with van der Waals surface area (Å²) in [5, 5.41) is 3.31. The van der Waals surface area contributed by atoms with Crippen molar-refractivity contribution >= 4 is 11.6 Å². The highest BCUT2D eigenvalue weighted by molar-refractivity contribution is 5.76. The predicted octanol–water partition coefficient (Wildman–Crippen LogP) is 2.97. The van der Waals surface area contributed by atoms with E-state index in [0.29, 0.717) is 13.0 Å². The van der Waals surface area contributed by atoms with Crippen LogP contribution in [0.5, 0.6) is 0 Å². The summed E-state index contributed by atoms with van der Waals surface area (Å²) in [6.07, 6.45) is 0.550. The molecule has 0 bridgehead atoms. The Bertz CT molecular complexity index is 377. The van der Waals surface area contributed by atoms with Crippen LogP contribution < -0.4 is 5.32 Å². The smallest absolute Gasteiger partial charge is 0.224 e. The maximum atomic E-state index is 11.8. The van der Waals surface area contributed by atoms with Gasteiger partial charge in [-0.15, -0.1) is 0 Å². The lowest BCUT2D eigenvalue weighted by molar-refractivity contribution is -0.130. The van der Waals surface area contributed by atoms with Gasteiger partial charge in [0.05, 0.1) is 0 Å². The normalized spacial score (nSPS) is 10.2. The van der Waals surface area contributed by atoms with Gasteiger partial charge in [-0.25, -0.2) is 0 Å². The van der Waals surface area contributed by atoms with Crippen LogP contribution in [0.2, 0.25) is 0 Å². The molecule has 0 spiro atoms. The number of nitrogens with one attached hydrogen (secondary N) is 1. The summed E-state index contributed by atoms with van der Waals surface area (Å²) in [6, 6.07) is 6.36. The number of carbonyl (C=O) groups is 1. The fourth-order valence-electron chi connectivity index (χ4n) is 2.12. The lowest BCUT2D eigenvalue weighted by Crippen LogP contribution is -2.31. The van der Waals surface area contributed by atoms with Gasteiger partial charge < -0.3 is 10.2 Å². The Kier molecular flexibility index (Phi) is 5.69. The molecule has 1 rings (SSSR count). The lowest BCUT2D eigenvalue weighted by Gasteiger charge is -2.18. The molecular formula is C15H24N2O. The minimum absolute atomic E-state index is 0.219. The van der Waals surface area contributed by atoms with Crippen LogP contribution in [0.4, 0.5) is 5.69 Å². The van der Waals surface area contributed by atoms with Crippen molar-refractivity contribution in [2.45, 2.75) is 34.1 Å². The van der Waals surface area contributed by atoms with E-state index in [4.69, 9.17) is 0 Å². The van der Waals surface area contributed by atoms with Gasteiger partial charge in [0.25, 0.3) is 0 Å². The SMILES string of the molecule is CCN(CC)C(=O)CCNc1cc(C)cc(C)c1. The van der Waals surface area contributed by atoms with E-state index in [1.165, 1.54) is 11.1 Å². The summed E-state index contributed by atoms with van der Waals surface area (Å²) >= 11 is 0. The molecule has 1 aromatic carbocycles. The molecule has 0 heterocycles. The van der Waals surface area contributed by atoms with Gasteiger partial charge in [-0.2, -0.15) is 0 Å². The van der Waals surface area contributed by atoms with Crippen molar-refractivity contribution in [1.29, 1.82) is 0 Å². The molecule has 1 aromatic rings. The number of carbonyl (C=O) groups excluding carboxylic acids is 1. The molecular weight excluding hydrogens is 224 g/mol. The second kappa shape index (κ2) is 7.04. The summed E-state index contributed by atoms with van der Waals surface area (Å²) in [6.45, 7) is 10.5. The highest BCUT2D eigenvalue weighted by atomic mass is 16.2. The number of hydrogen-bond acceptors (Lipinski definition) is 2. The highest BCUT2D eigenvalue weighted by Gasteiger charge is 2.08. The molecule has 0 saturated carbocycles. The monoisotopic (exact) mass is 248 g/mol. The van der Waals surface area contributed by atoms with Crippen molar-refractivity contribution in [3.05, 3.63) is 29.3 Å². The third kappa shape index (κ3) is 4.40. The standard InChI is InChI=1S/C15H24N2O/c1-5-17(6-2)15(18)7-8-16-14-10-12(3)9-13(4)11-14/h9-11,16H,5-8H2,1-4H3. The van der Waals surface area contributed by atoms with E-state index in [9.17, 15) is 4.79 Å². The van der Waals surface area contributed by atoms with Gasteiger partial charge in [0.15, 0.2) is 0 Å². The number of rotatable bonds is 6. The minimum Gasteiger partial charge on any atom is -0.385 e. The first kappa shape index (κ1) is 14.6. The first-order chi connectivity index (χ1) is 8.56. The highest BCUT2D eigenvalue weighted by Crippen LogP contribution is 2.13. The molecule has 100 valence electrons. The van der Waals surface area contributed by atoms with Gasteiger partial charge in [0.2, 0.25) is 5.91 Å². The lowest BCUT2D eigenvalue weighted by atomic mass is 10.1. The summed E-state index contributed by atoms with van der Waals surface area (Å²) in [4.78, 5) is 13.7. The minimum atomic E-state index is 0.219. The van der Waals surface area contributed by atoms with E-state index in [0.717, 1.165) is 18.8 Å². The van der Waals surface area contributed by atoms with Crippen molar-refractivity contribution < 1.29 is 4.79 Å². The Morgan fingerprint density at radius 2 is 1.67 bits per heavy atom. The Morgan fingerprint density at radius 1 is 1.11 bits per heavy atom. The predicted molar refractivity (Wildman–Crippen MR) is 77.0 cm³/mol. The maximum Gasteiger partial charge on any atom is 0.224 e. The van der Waals surface area contributed by atoms with Crippen molar-refractivity contribution in [2.24, 2.45) is 0 Å². The van der Waals surface area contributed by atoms with E-state index < -0.39 is 0 Å². The molecule has 0 fully saturated rings. The molecule has 0 aliphatic rings. The molecule has 3 heteroatoms. The van der Waals surface area contributed by atoms with Gasteiger partial charge in [0.1, 0.15) is 0 Å². The number of aryl methyl sites for hydroxylation is 2. The van der Waals surface area contributed by atoms with E-state index in [-0.39, 0.29) is 5.91 Å². The molecule has 0 aliphatic carbocycles. The number of nitrogens with zero attached hydrogens (tertiary/aromatic N) is 1. The Hall–Kier alpha value is -1.51. The molecule has 3 nitrogen and oxygen atoms in total. The van der Waals surface area contributed by atoms with Crippen LogP contribution in [0.3, 0.4) is 0 Å². The summed E-state index contributed by atoms with van der Waals surface area (Å²) in [5.74, 6) is 0.219. The second-order valence-corrected chi connectivity index (χ2v) is 4.62. The van der Waals surface area contributed by atoms with Crippen molar-refractivity contribution in [2.75, 3.05) is 25.0 Å². The number of benzene rings is 1. The van der Waals surface area contributed by atoms with E-state index >= 15 is 0 Å². The number of hydrogen-bond donors (Lipinski definition) is 1. The summed E-state index contributed by atoms with van der Waals surface area (Å²) < 4.78 is 0. The topological polar surface area (TPSA) is 32.3 Å². The Morgan fingerprint density at radius 3 is 2.17 bits per heavy atom. The molecule has 0 saturated heterocycles. The largest absolute Gasteiger partial charge is 0.385 e. The molecule has 18 heavy (non-hydrogen) atoms. The van der Waals surface area contributed by atoms with Gasteiger partial charge in [-0.05, 0) is 51.0 Å².